The van der Waals surface area contributed by atoms with Gasteiger partial charge in [0.2, 0.25) is 0 Å². The number of halogens is 1. The Morgan fingerprint density at radius 2 is 2.00 bits per heavy atom. The summed E-state index contributed by atoms with van der Waals surface area (Å²) in [6.45, 7) is 9.53. The predicted octanol–water partition coefficient (Wildman–Crippen LogP) is 3.40. The van der Waals surface area contributed by atoms with E-state index in [1.165, 1.54) is 29.2 Å². The maximum absolute atomic E-state index is 5.40. The molecule has 0 amide bonds. The van der Waals surface area contributed by atoms with Crippen LogP contribution in [-0.4, -0.2) is 0 Å². The molecule has 9 heavy (non-hydrogen) atoms. The summed E-state index contributed by atoms with van der Waals surface area (Å²) in [6, 6.07) is 0. The first-order valence-electron chi connectivity index (χ1n) is 3.12. The Labute approximate surface area is 75.1 Å². The van der Waals surface area contributed by atoms with Gasteiger partial charge in [-0.1, -0.05) is 33.1 Å². The fourth-order valence-corrected chi connectivity index (χ4v) is 0.456. The Morgan fingerprint density at radius 3 is 2.11 bits per heavy atom. The normalized spacial score (nSPS) is 7.67. The fourth-order valence-electron chi connectivity index (χ4n) is 0.456. The number of hydrogen-bond acceptors (Lipinski definition) is 0. The van der Waals surface area contributed by atoms with Crippen molar-refractivity contribution in [3.63, 3.8) is 0 Å². The summed E-state index contributed by atoms with van der Waals surface area (Å²) in [4.78, 5) is 0. The van der Waals surface area contributed by atoms with Gasteiger partial charge in [0, 0.05) is 0 Å². The van der Waals surface area contributed by atoms with Crippen molar-refractivity contribution in [2.24, 2.45) is 0 Å². The van der Waals surface area contributed by atoms with E-state index in [2.05, 4.69) is 20.5 Å². The number of unbranched alkanes of at least 4 members (excludes halogenated alkanes) is 1. The molecule has 0 aromatic heterocycles. The number of hydrogen-bond donors (Lipinski definition) is 0. The Hall–Kier alpha value is 0.843. The Balaban J connectivity index is 0. The minimum absolute atomic E-state index is 1.06. The van der Waals surface area contributed by atoms with Crippen LogP contribution in [0.25, 0.3) is 0 Å². The van der Waals surface area contributed by atoms with E-state index in [4.69, 9.17) is 6.58 Å². The first kappa shape index (κ1) is 12.5. The molecule has 0 aromatic carbocycles. The minimum atomic E-state index is 1.06. The topological polar surface area (TPSA) is 0 Å². The van der Waals surface area contributed by atoms with Gasteiger partial charge in [0.05, 0.1) is 0 Å². The van der Waals surface area contributed by atoms with Gasteiger partial charge in [-0.05, 0) is 0 Å². The molecule has 0 fully saturated rings. The quantitative estimate of drug-likeness (QED) is 0.526. The summed E-state index contributed by atoms with van der Waals surface area (Å²) >= 11 is 4.25. The summed E-state index contributed by atoms with van der Waals surface area (Å²) in [6.07, 6.45) is 3.58. The van der Waals surface area contributed by atoms with Crippen LogP contribution in [0.15, 0.2) is 5.57 Å². The first-order valence-corrected chi connectivity index (χ1v) is 10.1. The zero-order valence-corrected chi connectivity index (χ0v) is 10.8. The molecule has 0 nitrogen and oxygen atoms in total. The standard InChI is InChI=1S/C7H13.BrH.Zn/c1-4-5-6-7(2)3;;/h2H,4-6H2,1,3H3;1H;/q-1;;+2/p-1. The van der Waals surface area contributed by atoms with Gasteiger partial charge in [-0.15, -0.1) is 0 Å². The second kappa shape index (κ2) is 11.6. The molecule has 0 spiro atoms. The van der Waals surface area contributed by atoms with E-state index < -0.39 is 0 Å². The van der Waals surface area contributed by atoms with Crippen molar-refractivity contribution < 1.29 is 16.3 Å². The zero-order chi connectivity index (χ0) is 7.70. The van der Waals surface area contributed by atoms with E-state index in [1.807, 2.05) is 6.92 Å². The molecule has 0 atom stereocenters. The molecule has 0 rings (SSSR count). The number of rotatable bonds is 3. The molecule has 0 N–H and O–H groups in total. The van der Waals surface area contributed by atoms with Gasteiger partial charge in [0.1, 0.15) is 0 Å². The third-order valence-electron chi connectivity index (χ3n) is 0.925. The van der Waals surface area contributed by atoms with E-state index in [-0.39, 0.29) is 0 Å². The molecule has 0 aromatic rings. The molecule has 50 valence electrons. The van der Waals surface area contributed by atoms with Gasteiger partial charge in [0.25, 0.3) is 0 Å². The Bertz CT molecular complexity index is 61.9. The van der Waals surface area contributed by atoms with Crippen molar-refractivity contribution in [2.45, 2.75) is 33.1 Å². The van der Waals surface area contributed by atoms with Crippen LogP contribution >= 0.6 is 13.6 Å². The molecule has 0 unspecified atom stereocenters. The van der Waals surface area contributed by atoms with E-state index in [0.717, 1.165) is 12.0 Å². The summed E-state index contributed by atoms with van der Waals surface area (Å²) in [5.74, 6) is 0. The average molecular weight is 242 g/mol. The molecule has 0 aliphatic carbocycles. The third-order valence-corrected chi connectivity index (χ3v) is 0.925. The van der Waals surface area contributed by atoms with Crippen molar-refractivity contribution in [1.82, 2.24) is 0 Å². The summed E-state index contributed by atoms with van der Waals surface area (Å²) < 4.78 is 0. The van der Waals surface area contributed by atoms with Crippen molar-refractivity contribution in [1.29, 1.82) is 0 Å². The monoisotopic (exact) mass is 240 g/mol. The Kier molecular flexibility index (Phi) is 16.2. The van der Waals surface area contributed by atoms with Crippen LogP contribution in [0.1, 0.15) is 33.1 Å². The van der Waals surface area contributed by atoms with Crippen LogP contribution in [-0.2, 0) is 16.3 Å². The van der Waals surface area contributed by atoms with Crippen LogP contribution in [0.3, 0.4) is 0 Å². The van der Waals surface area contributed by atoms with E-state index >= 15 is 0 Å². The average Bonchev–Trinajstić information content (AvgIpc) is 1.88. The van der Waals surface area contributed by atoms with Gasteiger partial charge < -0.3 is 6.58 Å². The van der Waals surface area contributed by atoms with E-state index in [0.29, 0.717) is 0 Å². The molecule has 0 saturated carbocycles. The van der Waals surface area contributed by atoms with Crippen molar-refractivity contribution >= 4 is 13.6 Å². The van der Waals surface area contributed by atoms with Crippen LogP contribution in [0, 0.1) is 6.58 Å². The summed E-state index contributed by atoms with van der Waals surface area (Å²) in [7, 11) is 0. The SMILES string of the molecule is [CH-]=C(C)CCCC.[Zn+][Br]. The van der Waals surface area contributed by atoms with Gasteiger partial charge >= 0.3 is 30.0 Å². The molecule has 0 radical (unpaired) electrons. The molecule has 2 heteroatoms. The molecular formula is C7H13BrZn. The van der Waals surface area contributed by atoms with Gasteiger partial charge in [0.15, 0.2) is 0 Å². The molecule has 0 heterocycles. The van der Waals surface area contributed by atoms with Crippen molar-refractivity contribution in [2.75, 3.05) is 0 Å². The van der Waals surface area contributed by atoms with Crippen molar-refractivity contribution in [3.8, 4) is 0 Å². The van der Waals surface area contributed by atoms with Gasteiger partial charge in [-0.2, -0.15) is 0 Å². The van der Waals surface area contributed by atoms with Crippen LogP contribution in [0.5, 0.6) is 0 Å². The predicted molar refractivity (Wildman–Crippen MR) is 41.9 cm³/mol. The van der Waals surface area contributed by atoms with Crippen LogP contribution < -0.4 is 0 Å². The third kappa shape index (κ3) is 17.7. The fraction of sp³-hybridized carbons (Fsp3) is 0.714. The van der Waals surface area contributed by atoms with Gasteiger partial charge in [-0.3, -0.25) is 5.57 Å². The zero-order valence-electron chi connectivity index (χ0n) is 6.28. The van der Waals surface area contributed by atoms with Crippen molar-refractivity contribution in [3.05, 3.63) is 12.2 Å². The summed E-state index contributed by atoms with van der Waals surface area (Å²) in [5, 5.41) is 0. The van der Waals surface area contributed by atoms with E-state index in [1.54, 1.807) is 0 Å². The molecule has 0 aliphatic heterocycles. The molecular weight excluding hydrogens is 229 g/mol. The van der Waals surface area contributed by atoms with E-state index in [9.17, 15) is 0 Å². The molecule has 0 saturated heterocycles. The molecule has 0 aliphatic rings. The van der Waals surface area contributed by atoms with Crippen LogP contribution in [0.4, 0.5) is 0 Å². The summed E-state index contributed by atoms with van der Waals surface area (Å²) in [5.41, 5.74) is 1.06. The molecule has 0 bridgehead atoms. The van der Waals surface area contributed by atoms with Crippen LogP contribution in [0.2, 0.25) is 0 Å². The van der Waals surface area contributed by atoms with Gasteiger partial charge in [-0.25, -0.2) is 0 Å². The second-order valence-electron chi connectivity index (χ2n) is 1.95. The maximum atomic E-state index is 5.40. The first-order chi connectivity index (χ1) is 4.27. The Morgan fingerprint density at radius 1 is 1.56 bits per heavy atom. The number of allylic oxidation sites excluding steroid dienone is 1. The second-order valence-corrected chi connectivity index (χ2v) is 1.95.